The molecule has 1 heterocycles. The molecule has 0 radical (unpaired) electrons. The molecule has 2 rings (SSSR count). The molecule has 0 saturated heterocycles. The fourth-order valence-electron chi connectivity index (χ4n) is 1.91. The largest absolute Gasteiger partial charge is 0.330 e. The molecule has 0 amide bonds. The van der Waals surface area contributed by atoms with Crippen LogP contribution >= 0.6 is 0 Å². The van der Waals surface area contributed by atoms with Crippen molar-refractivity contribution in [3.63, 3.8) is 0 Å². The van der Waals surface area contributed by atoms with Gasteiger partial charge in [-0.3, -0.25) is 4.79 Å². The normalized spacial score (nSPS) is 10.9. The molecule has 0 aliphatic heterocycles. The lowest BCUT2D eigenvalue weighted by Gasteiger charge is -2.08. The van der Waals surface area contributed by atoms with Crippen molar-refractivity contribution in [1.29, 1.82) is 0 Å². The second-order valence-corrected chi connectivity index (χ2v) is 4.69. The van der Waals surface area contributed by atoms with E-state index in [1.807, 2.05) is 38.1 Å². The lowest BCUT2D eigenvalue weighted by atomic mass is 10.1. The SMILES string of the molecule is CC(C)n1ncnc1C(=O)c1ccc(CCN)cc1. The van der Waals surface area contributed by atoms with Crippen molar-refractivity contribution in [2.24, 2.45) is 5.73 Å². The third kappa shape index (κ3) is 2.88. The molecule has 0 aliphatic rings. The Morgan fingerprint density at radius 2 is 2.00 bits per heavy atom. The molecule has 0 fully saturated rings. The lowest BCUT2D eigenvalue weighted by Crippen LogP contribution is -2.14. The maximum atomic E-state index is 12.4. The van der Waals surface area contributed by atoms with E-state index in [-0.39, 0.29) is 11.8 Å². The molecule has 100 valence electrons. The average Bonchev–Trinajstić information content (AvgIpc) is 2.88. The van der Waals surface area contributed by atoms with Crippen LogP contribution in [0.2, 0.25) is 0 Å². The summed E-state index contributed by atoms with van der Waals surface area (Å²) in [6, 6.07) is 7.59. The van der Waals surface area contributed by atoms with Crippen LogP contribution in [-0.2, 0) is 6.42 Å². The fourth-order valence-corrected chi connectivity index (χ4v) is 1.91. The maximum absolute atomic E-state index is 12.4. The van der Waals surface area contributed by atoms with Crippen molar-refractivity contribution >= 4 is 5.78 Å². The first-order valence-electron chi connectivity index (χ1n) is 6.36. The van der Waals surface area contributed by atoms with Gasteiger partial charge in [-0.25, -0.2) is 9.67 Å². The van der Waals surface area contributed by atoms with Crippen molar-refractivity contribution in [2.75, 3.05) is 6.54 Å². The molecule has 0 unspecified atom stereocenters. The highest BCUT2D eigenvalue weighted by molar-refractivity contribution is 6.06. The third-order valence-corrected chi connectivity index (χ3v) is 2.91. The third-order valence-electron chi connectivity index (χ3n) is 2.91. The zero-order valence-electron chi connectivity index (χ0n) is 11.2. The van der Waals surface area contributed by atoms with E-state index < -0.39 is 0 Å². The van der Waals surface area contributed by atoms with Gasteiger partial charge in [0, 0.05) is 11.6 Å². The standard InChI is InChI=1S/C14H18N4O/c1-10(2)18-14(16-9-17-18)13(19)12-5-3-11(4-6-12)7-8-15/h3-6,9-10H,7-8,15H2,1-2H3. The molecule has 19 heavy (non-hydrogen) atoms. The monoisotopic (exact) mass is 258 g/mol. The van der Waals surface area contributed by atoms with Crippen LogP contribution in [0.4, 0.5) is 0 Å². The smallest absolute Gasteiger partial charge is 0.229 e. The van der Waals surface area contributed by atoms with Crippen LogP contribution in [0.1, 0.15) is 41.6 Å². The zero-order chi connectivity index (χ0) is 13.8. The number of nitrogens with zero attached hydrogens (tertiary/aromatic N) is 3. The molecule has 2 aromatic rings. The van der Waals surface area contributed by atoms with E-state index in [0.717, 1.165) is 12.0 Å². The van der Waals surface area contributed by atoms with Crippen LogP contribution in [0.15, 0.2) is 30.6 Å². The van der Waals surface area contributed by atoms with Crippen LogP contribution in [0.5, 0.6) is 0 Å². The summed E-state index contributed by atoms with van der Waals surface area (Å²) in [7, 11) is 0. The number of rotatable bonds is 5. The zero-order valence-corrected chi connectivity index (χ0v) is 11.2. The summed E-state index contributed by atoms with van der Waals surface area (Å²) >= 11 is 0. The highest BCUT2D eigenvalue weighted by Crippen LogP contribution is 2.12. The Balaban J connectivity index is 2.26. The summed E-state index contributed by atoms with van der Waals surface area (Å²) in [5.41, 5.74) is 7.25. The molecule has 1 aromatic carbocycles. The van der Waals surface area contributed by atoms with Gasteiger partial charge in [-0.1, -0.05) is 24.3 Å². The van der Waals surface area contributed by atoms with E-state index in [0.29, 0.717) is 17.9 Å². The Hall–Kier alpha value is -2.01. The van der Waals surface area contributed by atoms with Crippen LogP contribution < -0.4 is 5.73 Å². The Morgan fingerprint density at radius 1 is 1.32 bits per heavy atom. The Labute approximate surface area is 112 Å². The summed E-state index contributed by atoms with van der Waals surface area (Å²) in [6.07, 6.45) is 2.23. The van der Waals surface area contributed by atoms with Gasteiger partial charge in [-0.2, -0.15) is 5.10 Å². The summed E-state index contributed by atoms with van der Waals surface area (Å²) in [6.45, 7) is 4.54. The number of nitrogens with two attached hydrogens (primary N) is 1. The number of carbonyl (C=O) groups is 1. The molecule has 0 bridgehead atoms. The summed E-state index contributed by atoms with van der Waals surface area (Å²) < 4.78 is 1.64. The number of hydrogen-bond acceptors (Lipinski definition) is 4. The molecule has 0 saturated carbocycles. The van der Waals surface area contributed by atoms with Crippen LogP contribution in [0, 0.1) is 0 Å². The first kappa shape index (κ1) is 13.4. The van der Waals surface area contributed by atoms with Crippen molar-refractivity contribution in [3.05, 3.63) is 47.5 Å². The van der Waals surface area contributed by atoms with Crippen LogP contribution in [0.25, 0.3) is 0 Å². The van der Waals surface area contributed by atoms with Crippen molar-refractivity contribution < 1.29 is 4.79 Å². The van der Waals surface area contributed by atoms with E-state index in [1.54, 1.807) is 4.68 Å². The molecule has 0 aliphatic carbocycles. The second kappa shape index (κ2) is 5.75. The average molecular weight is 258 g/mol. The first-order chi connectivity index (χ1) is 9.13. The number of hydrogen-bond donors (Lipinski definition) is 1. The van der Waals surface area contributed by atoms with Crippen LogP contribution in [0.3, 0.4) is 0 Å². The van der Waals surface area contributed by atoms with E-state index in [1.165, 1.54) is 6.33 Å². The molecule has 1 aromatic heterocycles. The van der Waals surface area contributed by atoms with Gasteiger partial charge in [0.25, 0.3) is 0 Å². The second-order valence-electron chi connectivity index (χ2n) is 4.69. The predicted octanol–water partition coefficient (Wildman–Crippen LogP) is 1.59. The lowest BCUT2D eigenvalue weighted by molar-refractivity contribution is 0.102. The number of carbonyl (C=O) groups excluding carboxylic acids is 1. The van der Waals surface area contributed by atoms with Gasteiger partial charge >= 0.3 is 0 Å². The molecule has 2 N–H and O–H groups in total. The van der Waals surface area contributed by atoms with Gasteiger partial charge in [0.2, 0.25) is 5.78 Å². The van der Waals surface area contributed by atoms with Gasteiger partial charge in [-0.15, -0.1) is 0 Å². The number of ketones is 1. The number of aromatic nitrogens is 3. The molecule has 0 spiro atoms. The molecular formula is C14H18N4O. The van der Waals surface area contributed by atoms with E-state index in [4.69, 9.17) is 5.73 Å². The van der Waals surface area contributed by atoms with Gasteiger partial charge in [0.1, 0.15) is 6.33 Å². The summed E-state index contributed by atoms with van der Waals surface area (Å²) in [4.78, 5) is 16.4. The quantitative estimate of drug-likeness (QED) is 0.826. The van der Waals surface area contributed by atoms with E-state index >= 15 is 0 Å². The maximum Gasteiger partial charge on any atom is 0.229 e. The highest BCUT2D eigenvalue weighted by atomic mass is 16.1. The first-order valence-corrected chi connectivity index (χ1v) is 6.36. The van der Waals surface area contributed by atoms with Gasteiger partial charge < -0.3 is 5.73 Å². The van der Waals surface area contributed by atoms with Crippen molar-refractivity contribution in [3.8, 4) is 0 Å². The van der Waals surface area contributed by atoms with E-state index in [2.05, 4.69) is 10.1 Å². The van der Waals surface area contributed by atoms with E-state index in [9.17, 15) is 4.79 Å². The Bertz CT molecular complexity index is 557. The van der Waals surface area contributed by atoms with Crippen LogP contribution in [-0.4, -0.2) is 27.1 Å². The summed E-state index contributed by atoms with van der Waals surface area (Å²) in [5, 5.41) is 4.08. The Kier molecular flexibility index (Phi) is 4.06. The highest BCUT2D eigenvalue weighted by Gasteiger charge is 2.17. The predicted molar refractivity (Wildman–Crippen MR) is 73.0 cm³/mol. The topological polar surface area (TPSA) is 73.8 Å². The minimum Gasteiger partial charge on any atom is -0.330 e. The van der Waals surface area contributed by atoms with Crippen molar-refractivity contribution in [1.82, 2.24) is 14.8 Å². The fraction of sp³-hybridized carbons (Fsp3) is 0.357. The van der Waals surface area contributed by atoms with Gasteiger partial charge in [0.05, 0.1) is 0 Å². The molecular weight excluding hydrogens is 240 g/mol. The number of benzene rings is 1. The minimum atomic E-state index is -0.106. The molecule has 5 heteroatoms. The minimum absolute atomic E-state index is 0.106. The summed E-state index contributed by atoms with van der Waals surface area (Å²) in [5.74, 6) is 0.270. The van der Waals surface area contributed by atoms with Gasteiger partial charge in [-0.05, 0) is 32.4 Å². The Morgan fingerprint density at radius 3 is 2.58 bits per heavy atom. The molecule has 0 atom stereocenters. The molecule has 5 nitrogen and oxygen atoms in total. The van der Waals surface area contributed by atoms with Crippen molar-refractivity contribution in [2.45, 2.75) is 26.3 Å². The van der Waals surface area contributed by atoms with Gasteiger partial charge in [0.15, 0.2) is 5.82 Å².